The van der Waals surface area contributed by atoms with E-state index in [-0.39, 0.29) is 5.91 Å². The van der Waals surface area contributed by atoms with Crippen LogP contribution in [0.2, 0.25) is 0 Å². The van der Waals surface area contributed by atoms with E-state index in [9.17, 15) is 4.79 Å². The van der Waals surface area contributed by atoms with Crippen LogP contribution in [0.1, 0.15) is 42.1 Å². The van der Waals surface area contributed by atoms with Crippen molar-refractivity contribution in [3.8, 4) is 22.8 Å². The molecule has 0 radical (unpaired) electrons. The van der Waals surface area contributed by atoms with Crippen molar-refractivity contribution in [2.24, 2.45) is 7.05 Å². The molecule has 6 nitrogen and oxygen atoms in total. The van der Waals surface area contributed by atoms with Crippen molar-refractivity contribution in [1.82, 2.24) is 14.7 Å². The molecule has 6 heteroatoms. The molecular weight excluding hydrogens is 390 g/mol. The summed E-state index contributed by atoms with van der Waals surface area (Å²) in [6, 6.07) is 15.6. The van der Waals surface area contributed by atoms with E-state index < -0.39 is 5.60 Å². The molecule has 160 valence electrons. The molecule has 1 aromatic heterocycles. The molecule has 2 aromatic carbocycles. The van der Waals surface area contributed by atoms with Gasteiger partial charge in [0.2, 0.25) is 0 Å². The Bertz CT molecular complexity index is 1100. The van der Waals surface area contributed by atoms with Gasteiger partial charge >= 0.3 is 0 Å². The Kier molecular flexibility index (Phi) is 4.93. The molecule has 1 saturated heterocycles. The van der Waals surface area contributed by atoms with Crippen LogP contribution in [0, 0.1) is 0 Å². The number of benzene rings is 2. The molecular formula is C25H27N3O3. The summed E-state index contributed by atoms with van der Waals surface area (Å²) in [5, 5.41) is 4.52. The number of fused-ring (bicyclic) bond motifs is 4. The van der Waals surface area contributed by atoms with Gasteiger partial charge < -0.3 is 14.4 Å². The Morgan fingerprint density at radius 3 is 2.61 bits per heavy atom. The van der Waals surface area contributed by atoms with Crippen LogP contribution in [-0.2, 0) is 12.6 Å². The van der Waals surface area contributed by atoms with Crippen LogP contribution in [0.4, 0.5) is 0 Å². The molecule has 5 rings (SSSR count). The highest BCUT2D eigenvalue weighted by molar-refractivity contribution is 5.94. The van der Waals surface area contributed by atoms with Gasteiger partial charge in [-0.25, -0.2) is 0 Å². The lowest BCUT2D eigenvalue weighted by Crippen LogP contribution is -2.49. The lowest BCUT2D eigenvalue weighted by molar-refractivity contribution is -0.00172. The Hall–Kier alpha value is -3.28. The fourth-order valence-corrected chi connectivity index (χ4v) is 4.65. The molecule has 0 bridgehead atoms. The van der Waals surface area contributed by atoms with Gasteiger partial charge in [0.05, 0.1) is 18.5 Å². The van der Waals surface area contributed by atoms with Crippen molar-refractivity contribution in [3.63, 3.8) is 0 Å². The number of hydrogen-bond acceptors (Lipinski definition) is 4. The minimum atomic E-state index is -0.438. The second kappa shape index (κ2) is 7.76. The third-order valence-electron chi connectivity index (χ3n) is 6.31. The van der Waals surface area contributed by atoms with Crippen LogP contribution >= 0.6 is 0 Å². The van der Waals surface area contributed by atoms with E-state index in [2.05, 4.69) is 18.1 Å². The van der Waals surface area contributed by atoms with E-state index in [1.165, 1.54) is 0 Å². The minimum absolute atomic E-state index is 0.0551. The number of aryl methyl sites for hydroxylation is 1. The molecule has 3 heterocycles. The van der Waals surface area contributed by atoms with Gasteiger partial charge in [0, 0.05) is 49.7 Å². The number of piperidine rings is 1. The Morgan fingerprint density at radius 2 is 1.87 bits per heavy atom. The van der Waals surface area contributed by atoms with Crippen molar-refractivity contribution in [2.75, 3.05) is 19.7 Å². The van der Waals surface area contributed by atoms with Crippen LogP contribution in [0.25, 0.3) is 11.3 Å². The highest BCUT2D eigenvalue weighted by Crippen LogP contribution is 2.49. The zero-order chi connectivity index (χ0) is 21.4. The van der Waals surface area contributed by atoms with Crippen molar-refractivity contribution in [3.05, 3.63) is 65.9 Å². The lowest BCUT2D eigenvalue weighted by atomic mass is 9.81. The number of rotatable bonds is 4. The zero-order valence-electron chi connectivity index (χ0n) is 18.0. The normalized spacial score (nSPS) is 16.4. The topological polar surface area (TPSA) is 56.6 Å². The van der Waals surface area contributed by atoms with E-state index in [0.29, 0.717) is 25.3 Å². The highest BCUT2D eigenvalue weighted by atomic mass is 16.5. The summed E-state index contributed by atoms with van der Waals surface area (Å²) in [6.45, 7) is 4.04. The quantitative estimate of drug-likeness (QED) is 0.631. The average molecular weight is 418 g/mol. The van der Waals surface area contributed by atoms with Gasteiger partial charge in [0.25, 0.3) is 5.91 Å². The highest BCUT2D eigenvalue weighted by Gasteiger charge is 2.45. The summed E-state index contributed by atoms with van der Waals surface area (Å²) in [4.78, 5) is 15.0. The molecule has 0 N–H and O–H groups in total. The SMILES string of the molecule is CCCOc1ccc(C(=O)N2CCC3(CC2)Oc2ccccc2-c2c3cnn2C)cc1. The lowest BCUT2D eigenvalue weighted by Gasteiger charge is -2.44. The molecule has 1 spiro atoms. The van der Waals surface area contributed by atoms with Crippen molar-refractivity contribution in [2.45, 2.75) is 31.8 Å². The van der Waals surface area contributed by atoms with E-state index in [1.54, 1.807) is 0 Å². The maximum absolute atomic E-state index is 13.1. The first-order valence-electron chi connectivity index (χ1n) is 10.9. The van der Waals surface area contributed by atoms with Crippen LogP contribution < -0.4 is 9.47 Å². The third-order valence-corrected chi connectivity index (χ3v) is 6.31. The standard InChI is InChI=1S/C25H27N3O3/c1-3-16-30-19-10-8-18(9-11-19)24(29)28-14-12-25(13-15-28)21-17-26-27(2)23(21)20-6-4-5-7-22(20)31-25/h4-11,17H,3,12-16H2,1-2H3. The molecule has 0 aliphatic carbocycles. The zero-order valence-corrected chi connectivity index (χ0v) is 18.0. The number of nitrogens with zero attached hydrogens (tertiary/aromatic N) is 3. The Morgan fingerprint density at radius 1 is 1.13 bits per heavy atom. The molecule has 2 aliphatic heterocycles. The van der Waals surface area contributed by atoms with Gasteiger partial charge in [0.1, 0.15) is 17.1 Å². The fraction of sp³-hybridized carbons (Fsp3) is 0.360. The van der Waals surface area contributed by atoms with Gasteiger partial charge in [0.15, 0.2) is 0 Å². The molecule has 31 heavy (non-hydrogen) atoms. The van der Waals surface area contributed by atoms with Crippen LogP contribution in [0.15, 0.2) is 54.7 Å². The van der Waals surface area contributed by atoms with Crippen LogP contribution in [0.5, 0.6) is 11.5 Å². The second-order valence-electron chi connectivity index (χ2n) is 8.29. The Balaban J connectivity index is 1.34. The first kappa shape index (κ1) is 19.7. The Labute approximate surface area is 182 Å². The van der Waals surface area contributed by atoms with Gasteiger partial charge in [-0.2, -0.15) is 5.10 Å². The molecule has 0 saturated carbocycles. The average Bonchev–Trinajstić information content (AvgIpc) is 3.21. The third kappa shape index (κ3) is 3.36. The maximum Gasteiger partial charge on any atom is 0.253 e. The summed E-state index contributed by atoms with van der Waals surface area (Å²) in [5.41, 5.74) is 3.57. The number of ether oxygens (including phenoxy) is 2. The molecule has 0 unspecified atom stereocenters. The molecule has 1 amide bonds. The number of amides is 1. The molecule has 1 fully saturated rings. The second-order valence-corrected chi connectivity index (χ2v) is 8.29. The van der Waals surface area contributed by atoms with Crippen LogP contribution in [0.3, 0.4) is 0 Å². The monoisotopic (exact) mass is 417 g/mol. The summed E-state index contributed by atoms with van der Waals surface area (Å²) < 4.78 is 14.1. The van der Waals surface area contributed by atoms with Crippen molar-refractivity contribution < 1.29 is 14.3 Å². The molecule has 0 atom stereocenters. The number of aromatic nitrogens is 2. The maximum atomic E-state index is 13.1. The van der Waals surface area contributed by atoms with Gasteiger partial charge in [-0.1, -0.05) is 19.1 Å². The number of likely N-dealkylation sites (tertiary alicyclic amines) is 1. The molecule has 2 aliphatic rings. The van der Waals surface area contributed by atoms with Gasteiger partial charge in [-0.05, 0) is 42.8 Å². The van der Waals surface area contributed by atoms with E-state index in [0.717, 1.165) is 47.6 Å². The van der Waals surface area contributed by atoms with E-state index >= 15 is 0 Å². The van der Waals surface area contributed by atoms with Crippen molar-refractivity contribution in [1.29, 1.82) is 0 Å². The fourth-order valence-electron chi connectivity index (χ4n) is 4.65. The summed E-state index contributed by atoms with van der Waals surface area (Å²) in [5.74, 6) is 1.75. The predicted molar refractivity (Wildman–Crippen MR) is 118 cm³/mol. The summed E-state index contributed by atoms with van der Waals surface area (Å²) >= 11 is 0. The van der Waals surface area contributed by atoms with Gasteiger partial charge in [-0.3, -0.25) is 9.48 Å². The van der Waals surface area contributed by atoms with Crippen molar-refractivity contribution >= 4 is 5.91 Å². The predicted octanol–water partition coefficient (Wildman–Crippen LogP) is 4.40. The summed E-state index contributed by atoms with van der Waals surface area (Å²) in [7, 11) is 1.97. The largest absolute Gasteiger partial charge is 0.494 e. The van der Waals surface area contributed by atoms with E-state index in [4.69, 9.17) is 9.47 Å². The number of carbonyl (C=O) groups is 1. The number of hydrogen-bond donors (Lipinski definition) is 0. The minimum Gasteiger partial charge on any atom is -0.494 e. The smallest absolute Gasteiger partial charge is 0.253 e. The summed E-state index contributed by atoms with van der Waals surface area (Å²) in [6.07, 6.45) is 4.37. The van der Waals surface area contributed by atoms with E-state index in [1.807, 2.05) is 65.3 Å². The molecule has 3 aromatic rings. The first-order valence-corrected chi connectivity index (χ1v) is 10.9. The number of carbonyl (C=O) groups excluding carboxylic acids is 1. The first-order chi connectivity index (χ1) is 15.1. The van der Waals surface area contributed by atoms with Gasteiger partial charge in [-0.15, -0.1) is 0 Å². The number of para-hydroxylation sites is 1. The van der Waals surface area contributed by atoms with Crippen LogP contribution in [-0.4, -0.2) is 40.3 Å².